The first-order valence-electron chi connectivity index (χ1n) is 19.5. The van der Waals surface area contributed by atoms with Gasteiger partial charge in [-0.1, -0.05) is 38.5 Å². The summed E-state index contributed by atoms with van der Waals surface area (Å²) in [6.45, 7) is 9.45. The number of likely N-dealkylation sites (tertiary alicyclic amines) is 1. The third-order valence-electron chi connectivity index (χ3n) is 14.9. The number of amides is 1. The van der Waals surface area contributed by atoms with Crippen LogP contribution in [0.3, 0.4) is 0 Å². The first-order valence-corrected chi connectivity index (χ1v) is 19.5. The van der Waals surface area contributed by atoms with Crippen LogP contribution in [0.5, 0.6) is 5.75 Å². The molecule has 1 aromatic carbocycles. The predicted molar refractivity (Wildman–Crippen MR) is 196 cm³/mol. The van der Waals surface area contributed by atoms with Gasteiger partial charge < -0.3 is 29.9 Å². The van der Waals surface area contributed by atoms with Crippen molar-refractivity contribution >= 4 is 23.4 Å². The molecule has 3 saturated carbocycles. The minimum atomic E-state index is -1.72. The number of benzene rings is 1. The first kappa shape index (κ1) is 38.6. The second-order valence-electron chi connectivity index (χ2n) is 17.4. The first-order chi connectivity index (χ1) is 24.6. The molecule has 52 heavy (non-hydrogen) atoms. The summed E-state index contributed by atoms with van der Waals surface area (Å²) in [5.74, 6) is 0.00885. The molecule has 6 rings (SSSR count). The standard InChI is InChI=1S/C42H60N2O8/c1-26-24-44(5)27(2)22-41(26,28-7-10-31(51-6)11-8-28)19-20-43-36(48)13-14-37(49)52-25-35(47)42(50)18-16-33-32-12-9-29-21-30(45)15-17-39(29,3)38(32)34(46)23-40(33,42)4/h7-8,10-11,21,26-27,32-34,38,46,50H,9,12-20,22-25H2,1-6H3,(H,43,48)/t26-,27-,32+,33-,34+,38+,39+,40+,41-,42-/m1/s1. The minimum Gasteiger partial charge on any atom is -0.497 e. The number of fused-ring (bicyclic) bond motifs is 5. The number of rotatable bonds is 11. The number of ether oxygens (including phenoxy) is 2. The summed E-state index contributed by atoms with van der Waals surface area (Å²) >= 11 is 0. The van der Waals surface area contributed by atoms with Gasteiger partial charge in [0.25, 0.3) is 0 Å². The number of ketones is 2. The number of esters is 1. The van der Waals surface area contributed by atoms with Gasteiger partial charge in [-0.05, 0) is 118 Å². The van der Waals surface area contributed by atoms with E-state index in [2.05, 4.69) is 50.2 Å². The van der Waals surface area contributed by atoms with Gasteiger partial charge in [0.2, 0.25) is 11.7 Å². The number of carbonyl (C=O) groups is 4. The van der Waals surface area contributed by atoms with Gasteiger partial charge in [-0.15, -0.1) is 0 Å². The Bertz CT molecular complexity index is 1580. The van der Waals surface area contributed by atoms with E-state index in [4.69, 9.17) is 9.47 Å². The number of carbonyl (C=O) groups excluding carboxylic acids is 4. The molecule has 0 radical (unpaired) electrons. The van der Waals surface area contributed by atoms with Gasteiger partial charge in [0.1, 0.15) is 11.4 Å². The van der Waals surface area contributed by atoms with E-state index in [-0.39, 0.29) is 66.0 Å². The molecule has 3 N–H and O–H groups in total. The van der Waals surface area contributed by atoms with Crippen molar-refractivity contribution < 1.29 is 38.9 Å². The molecule has 4 fully saturated rings. The van der Waals surface area contributed by atoms with E-state index in [9.17, 15) is 29.4 Å². The van der Waals surface area contributed by atoms with Gasteiger partial charge in [0.05, 0.1) is 19.6 Å². The van der Waals surface area contributed by atoms with Gasteiger partial charge in [-0.2, -0.15) is 0 Å². The normalized spacial score (nSPS) is 38.7. The lowest BCUT2D eigenvalue weighted by Gasteiger charge is -2.60. The zero-order chi connectivity index (χ0) is 37.6. The van der Waals surface area contributed by atoms with Crippen molar-refractivity contribution in [3.05, 3.63) is 41.5 Å². The van der Waals surface area contributed by atoms with Crippen molar-refractivity contribution in [1.82, 2.24) is 10.2 Å². The number of nitrogens with one attached hydrogen (secondary N) is 1. The third-order valence-corrected chi connectivity index (χ3v) is 14.9. The number of allylic oxidation sites excluding steroid dienone is 1. The number of Topliss-reactive ketones (excluding diaryl/α,β-unsaturated/α-hetero) is 1. The number of aliphatic hydroxyl groups excluding tert-OH is 1. The Morgan fingerprint density at radius 3 is 2.46 bits per heavy atom. The molecule has 1 amide bonds. The molecule has 4 aliphatic carbocycles. The fourth-order valence-electron chi connectivity index (χ4n) is 11.7. The molecule has 1 aromatic rings. The molecule has 1 aliphatic heterocycles. The lowest BCUT2D eigenvalue weighted by molar-refractivity contribution is -0.184. The van der Waals surface area contributed by atoms with Crippen LogP contribution in [0, 0.1) is 34.5 Å². The van der Waals surface area contributed by atoms with E-state index in [1.807, 2.05) is 19.1 Å². The van der Waals surface area contributed by atoms with Crippen LogP contribution >= 0.6 is 0 Å². The van der Waals surface area contributed by atoms with Crippen molar-refractivity contribution in [1.29, 1.82) is 0 Å². The zero-order valence-corrected chi connectivity index (χ0v) is 32.0. The molecule has 10 heteroatoms. The smallest absolute Gasteiger partial charge is 0.306 e. The van der Waals surface area contributed by atoms with E-state index >= 15 is 0 Å². The molecule has 10 atom stereocenters. The number of piperidine rings is 1. The third kappa shape index (κ3) is 6.66. The van der Waals surface area contributed by atoms with Crippen molar-refractivity contribution in [3.8, 4) is 5.75 Å². The molecule has 1 heterocycles. The molecular formula is C42H60N2O8. The van der Waals surface area contributed by atoms with Crippen LogP contribution in [0.15, 0.2) is 35.9 Å². The van der Waals surface area contributed by atoms with Crippen molar-refractivity contribution in [2.24, 2.45) is 34.5 Å². The van der Waals surface area contributed by atoms with Crippen LogP contribution in [0.4, 0.5) is 0 Å². The van der Waals surface area contributed by atoms with E-state index < -0.39 is 35.5 Å². The molecular weight excluding hydrogens is 660 g/mol. The molecule has 0 bridgehead atoms. The van der Waals surface area contributed by atoms with E-state index in [1.165, 1.54) is 5.56 Å². The minimum absolute atomic E-state index is 0.0237. The fourth-order valence-corrected chi connectivity index (χ4v) is 11.7. The molecule has 1 saturated heterocycles. The van der Waals surface area contributed by atoms with Crippen molar-refractivity contribution in [2.45, 2.75) is 121 Å². The van der Waals surface area contributed by atoms with Crippen molar-refractivity contribution in [3.63, 3.8) is 0 Å². The largest absolute Gasteiger partial charge is 0.497 e. The Morgan fingerprint density at radius 1 is 1.02 bits per heavy atom. The Labute approximate surface area is 309 Å². The fraction of sp³-hybridized carbons (Fsp3) is 0.714. The number of methoxy groups -OCH3 is 1. The Balaban J connectivity index is 1.01. The molecule has 0 unspecified atom stereocenters. The Hall–Kier alpha value is -3.08. The summed E-state index contributed by atoms with van der Waals surface area (Å²) in [6.07, 6.45) is 6.56. The van der Waals surface area contributed by atoms with Crippen molar-refractivity contribution in [2.75, 3.05) is 33.9 Å². The highest BCUT2D eigenvalue weighted by atomic mass is 16.5. The van der Waals surface area contributed by atoms with Gasteiger partial charge in [0.15, 0.2) is 12.4 Å². The molecule has 0 spiro atoms. The summed E-state index contributed by atoms with van der Waals surface area (Å²) in [5.41, 5.74) is -0.588. The molecule has 0 aromatic heterocycles. The van der Waals surface area contributed by atoms with Crippen LogP contribution in [0.25, 0.3) is 0 Å². The average molecular weight is 721 g/mol. The quantitative estimate of drug-likeness (QED) is 0.272. The number of hydrogen-bond acceptors (Lipinski definition) is 9. The highest BCUT2D eigenvalue weighted by Gasteiger charge is 2.68. The second-order valence-corrected chi connectivity index (χ2v) is 17.4. The van der Waals surface area contributed by atoms with Crippen LogP contribution < -0.4 is 10.1 Å². The van der Waals surface area contributed by atoms with Crippen LogP contribution in [0.2, 0.25) is 0 Å². The number of aliphatic hydroxyl groups is 2. The lowest BCUT2D eigenvalue weighted by atomic mass is 9.45. The summed E-state index contributed by atoms with van der Waals surface area (Å²) in [7, 11) is 3.81. The van der Waals surface area contributed by atoms with Gasteiger partial charge in [0, 0.05) is 42.8 Å². The molecule has 286 valence electrons. The maximum Gasteiger partial charge on any atom is 0.306 e. The molecule has 5 aliphatic rings. The summed E-state index contributed by atoms with van der Waals surface area (Å²) < 4.78 is 10.8. The average Bonchev–Trinajstić information content (AvgIpc) is 3.38. The highest BCUT2D eigenvalue weighted by Crippen LogP contribution is 2.67. The summed E-state index contributed by atoms with van der Waals surface area (Å²) in [6, 6.07) is 8.63. The van der Waals surface area contributed by atoms with Crippen LogP contribution in [-0.2, 0) is 29.3 Å². The van der Waals surface area contributed by atoms with Crippen LogP contribution in [0.1, 0.15) is 104 Å². The van der Waals surface area contributed by atoms with Gasteiger partial charge in [-0.3, -0.25) is 19.2 Å². The maximum absolute atomic E-state index is 13.7. The molecule has 10 nitrogen and oxygen atoms in total. The topological polar surface area (TPSA) is 142 Å². The summed E-state index contributed by atoms with van der Waals surface area (Å²) in [4.78, 5) is 53.9. The SMILES string of the molecule is COc1ccc([C@]2(CCNC(=O)CCC(=O)OCC(=O)[C@]3(O)CC[C@@H]4[C@@H]5CCC6=CC(=O)CC[C@]6(C)[C@@H]5[C@@H](O)C[C@@]43C)C[C@@H](C)N(C)C[C@H]2C)cc1. The Morgan fingerprint density at radius 2 is 1.75 bits per heavy atom. The highest BCUT2D eigenvalue weighted by molar-refractivity contribution is 5.92. The van der Waals surface area contributed by atoms with Crippen LogP contribution in [-0.4, -0.2) is 90.2 Å². The van der Waals surface area contributed by atoms with Gasteiger partial charge in [-0.25, -0.2) is 0 Å². The van der Waals surface area contributed by atoms with E-state index in [0.29, 0.717) is 31.3 Å². The number of nitrogens with zero attached hydrogens (tertiary/aromatic N) is 1. The lowest BCUT2D eigenvalue weighted by Crippen LogP contribution is -2.62. The zero-order valence-electron chi connectivity index (χ0n) is 32.0. The second kappa shape index (κ2) is 14.6. The van der Waals surface area contributed by atoms with E-state index in [0.717, 1.165) is 50.0 Å². The van der Waals surface area contributed by atoms with E-state index in [1.54, 1.807) is 13.2 Å². The monoisotopic (exact) mass is 720 g/mol. The van der Waals surface area contributed by atoms with Gasteiger partial charge >= 0.3 is 5.97 Å². The Kier molecular flexibility index (Phi) is 10.9. The number of hydrogen-bond donors (Lipinski definition) is 3. The summed E-state index contributed by atoms with van der Waals surface area (Å²) in [5, 5.41) is 26.6. The maximum atomic E-state index is 13.7. The predicted octanol–water partition coefficient (Wildman–Crippen LogP) is 4.93.